The van der Waals surface area contributed by atoms with Crippen LogP contribution in [0.2, 0.25) is 0 Å². The van der Waals surface area contributed by atoms with Gasteiger partial charge in [0, 0.05) is 16.2 Å². The predicted molar refractivity (Wildman–Crippen MR) is 89.2 cm³/mol. The number of rotatable bonds is 6. The fourth-order valence-corrected chi connectivity index (χ4v) is 4.00. The van der Waals surface area contributed by atoms with Gasteiger partial charge >= 0.3 is 0 Å². The minimum absolute atomic E-state index is 0.457. The molecule has 0 unspecified atom stereocenters. The molecule has 0 saturated carbocycles. The predicted octanol–water partition coefficient (Wildman–Crippen LogP) is 4.86. The molecule has 2 aromatic carbocycles. The zero-order valence-corrected chi connectivity index (χ0v) is 13.3. The van der Waals surface area contributed by atoms with Gasteiger partial charge in [0.1, 0.15) is 0 Å². The molecule has 0 saturated heterocycles. The van der Waals surface area contributed by atoms with E-state index in [2.05, 4.69) is 86.6 Å². The van der Waals surface area contributed by atoms with Gasteiger partial charge in [-0.25, -0.2) is 0 Å². The van der Waals surface area contributed by atoms with Crippen LogP contribution in [0.5, 0.6) is 0 Å². The van der Waals surface area contributed by atoms with Crippen molar-refractivity contribution >= 4 is 11.8 Å². The van der Waals surface area contributed by atoms with Crippen LogP contribution in [0.1, 0.15) is 24.2 Å². The summed E-state index contributed by atoms with van der Waals surface area (Å²) in [5, 5.41) is 0.457. The highest BCUT2D eigenvalue weighted by atomic mass is 32.2. The quantitative estimate of drug-likeness (QED) is 0.697. The van der Waals surface area contributed by atoms with Gasteiger partial charge in [0.25, 0.3) is 0 Å². The maximum Gasteiger partial charge on any atom is 0.0499 e. The third-order valence-electron chi connectivity index (χ3n) is 3.57. The molecule has 0 aliphatic heterocycles. The van der Waals surface area contributed by atoms with Crippen molar-refractivity contribution in [2.75, 3.05) is 14.1 Å². The van der Waals surface area contributed by atoms with E-state index in [4.69, 9.17) is 0 Å². The highest BCUT2D eigenvalue weighted by Crippen LogP contribution is 2.40. The Morgan fingerprint density at radius 2 is 1.45 bits per heavy atom. The van der Waals surface area contributed by atoms with E-state index in [1.807, 2.05) is 11.8 Å². The van der Waals surface area contributed by atoms with Gasteiger partial charge in [-0.05, 0) is 38.2 Å². The Balaban J connectivity index is 2.29. The molecule has 2 atom stereocenters. The van der Waals surface area contributed by atoms with Crippen LogP contribution in [0.25, 0.3) is 0 Å². The van der Waals surface area contributed by atoms with Crippen molar-refractivity contribution in [3.05, 3.63) is 66.2 Å². The van der Waals surface area contributed by atoms with E-state index in [0.29, 0.717) is 11.3 Å². The Morgan fingerprint density at radius 1 is 0.900 bits per heavy atom. The molecular weight excluding hydrogens is 262 g/mol. The smallest absolute Gasteiger partial charge is 0.0499 e. The lowest BCUT2D eigenvalue weighted by atomic mass is 10.0. The van der Waals surface area contributed by atoms with Crippen molar-refractivity contribution < 1.29 is 0 Å². The van der Waals surface area contributed by atoms with E-state index in [1.54, 1.807) is 0 Å². The van der Waals surface area contributed by atoms with Gasteiger partial charge in [-0.15, -0.1) is 11.8 Å². The first-order chi connectivity index (χ1) is 9.72. The van der Waals surface area contributed by atoms with Crippen molar-refractivity contribution in [1.82, 2.24) is 4.90 Å². The maximum atomic E-state index is 2.34. The Hall–Kier alpha value is -1.25. The molecule has 0 aliphatic rings. The molecule has 0 spiro atoms. The Labute approximate surface area is 127 Å². The first kappa shape index (κ1) is 15.1. The SMILES string of the molecule is CC[C@@H]([C@@H](Sc1ccccc1)c1ccccc1)N(C)C. The van der Waals surface area contributed by atoms with Crippen LogP contribution in [0.3, 0.4) is 0 Å². The fourth-order valence-electron chi connectivity index (χ4n) is 2.51. The minimum Gasteiger partial charge on any atom is -0.305 e. The molecule has 106 valence electrons. The third kappa shape index (κ3) is 3.87. The van der Waals surface area contributed by atoms with Crippen LogP contribution in [-0.2, 0) is 0 Å². The van der Waals surface area contributed by atoms with Crippen LogP contribution in [-0.4, -0.2) is 25.0 Å². The van der Waals surface area contributed by atoms with Crippen LogP contribution in [0, 0.1) is 0 Å². The number of hydrogen-bond donors (Lipinski definition) is 0. The molecule has 2 aromatic rings. The highest BCUT2D eigenvalue weighted by Gasteiger charge is 2.24. The fraction of sp³-hybridized carbons (Fsp3) is 0.333. The van der Waals surface area contributed by atoms with E-state index >= 15 is 0 Å². The zero-order chi connectivity index (χ0) is 14.4. The van der Waals surface area contributed by atoms with Gasteiger partial charge in [-0.3, -0.25) is 0 Å². The molecule has 2 heteroatoms. The van der Waals surface area contributed by atoms with Gasteiger partial charge in [0.05, 0.1) is 0 Å². The molecule has 0 aliphatic carbocycles. The second kappa shape index (κ2) is 7.51. The Bertz CT molecular complexity index is 495. The maximum absolute atomic E-state index is 2.34. The summed E-state index contributed by atoms with van der Waals surface area (Å²) in [4.78, 5) is 3.68. The molecule has 2 rings (SSSR count). The van der Waals surface area contributed by atoms with Crippen LogP contribution >= 0.6 is 11.8 Å². The number of likely N-dealkylation sites (N-methyl/N-ethyl adjacent to an activating group) is 1. The molecule has 0 heterocycles. The molecule has 0 bridgehead atoms. The van der Waals surface area contributed by atoms with E-state index in [1.165, 1.54) is 10.5 Å². The largest absolute Gasteiger partial charge is 0.305 e. The van der Waals surface area contributed by atoms with Crippen LogP contribution < -0.4 is 0 Å². The number of hydrogen-bond acceptors (Lipinski definition) is 2. The van der Waals surface area contributed by atoms with Crippen molar-refractivity contribution in [2.45, 2.75) is 29.5 Å². The van der Waals surface area contributed by atoms with Crippen LogP contribution in [0.4, 0.5) is 0 Å². The second-order valence-corrected chi connectivity index (χ2v) is 6.42. The number of nitrogens with zero attached hydrogens (tertiary/aromatic N) is 1. The molecule has 0 fully saturated rings. The average molecular weight is 285 g/mol. The summed E-state index contributed by atoms with van der Waals surface area (Å²) in [6.07, 6.45) is 1.15. The van der Waals surface area contributed by atoms with E-state index < -0.39 is 0 Å². The van der Waals surface area contributed by atoms with Gasteiger partial charge < -0.3 is 4.90 Å². The van der Waals surface area contributed by atoms with Crippen LogP contribution in [0.15, 0.2) is 65.6 Å². The van der Waals surface area contributed by atoms with Crippen molar-refractivity contribution in [3.63, 3.8) is 0 Å². The molecule has 20 heavy (non-hydrogen) atoms. The standard InChI is InChI=1S/C18H23NS/c1-4-17(19(2)3)18(15-11-7-5-8-12-15)20-16-13-9-6-10-14-16/h5-14,17-18H,4H2,1-3H3/t17-,18-/m0/s1. The molecular formula is C18H23NS. The minimum atomic E-state index is 0.457. The normalized spacial score (nSPS) is 14.2. The van der Waals surface area contributed by atoms with Crippen molar-refractivity contribution in [3.8, 4) is 0 Å². The summed E-state index contributed by atoms with van der Waals surface area (Å²) in [7, 11) is 4.35. The lowest BCUT2D eigenvalue weighted by molar-refractivity contribution is 0.280. The van der Waals surface area contributed by atoms with Gasteiger partial charge in [-0.1, -0.05) is 55.5 Å². The first-order valence-electron chi connectivity index (χ1n) is 7.15. The zero-order valence-electron chi connectivity index (χ0n) is 12.5. The topological polar surface area (TPSA) is 3.24 Å². The average Bonchev–Trinajstić information content (AvgIpc) is 2.48. The molecule has 0 aromatic heterocycles. The summed E-state index contributed by atoms with van der Waals surface area (Å²) in [6, 6.07) is 22.1. The number of thioether (sulfide) groups is 1. The van der Waals surface area contributed by atoms with Gasteiger partial charge in [0.2, 0.25) is 0 Å². The lowest BCUT2D eigenvalue weighted by Gasteiger charge is -2.31. The first-order valence-corrected chi connectivity index (χ1v) is 8.03. The van der Waals surface area contributed by atoms with E-state index in [-0.39, 0.29) is 0 Å². The third-order valence-corrected chi connectivity index (χ3v) is 4.95. The summed E-state index contributed by atoms with van der Waals surface area (Å²) in [5.74, 6) is 0. The lowest BCUT2D eigenvalue weighted by Crippen LogP contribution is -2.32. The van der Waals surface area contributed by atoms with Gasteiger partial charge in [-0.2, -0.15) is 0 Å². The van der Waals surface area contributed by atoms with Crippen molar-refractivity contribution in [2.24, 2.45) is 0 Å². The highest BCUT2D eigenvalue weighted by molar-refractivity contribution is 7.99. The summed E-state index contributed by atoms with van der Waals surface area (Å²) in [6.45, 7) is 2.27. The van der Waals surface area contributed by atoms with Crippen molar-refractivity contribution in [1.29, 1.82) is 0 Å². The summed E-state index contributed by atoms with van der Waals surface area (Å²) in [5.41, 5.74) is 1.40. The molecule has 0 amide bonds. The molecule has 0 N–H and O–H groups in total. The van der Waals surface area contributed by atoms with E-state index in [0.717, 1.165) is 6.42 Å². The van der Waals surface area contributed by atoms with Gasteiger partial charge in [0.15, 0.2) is 0 Å². The number of benzene rings is 2. The summed E-state index contributed by atoms with van der Waals surface area (Å²) < 4.78 is 0. The Kier molecular flexibility index (Phi) is 5.69. The molecule has 0 radical (unpaired) electrons. The second-order valence-electron chi connectivity index (χ2n) is 5.20. The summed E-state index contributed by atoms with van der Waals surface area (Å²) >= 11 is 1.96. The van der Waals surface area contributed by atoms with E-state index in [9.17, 15) is 0 Å². The monoisotopic (exact) mass is 285 g/mol. The molecule has 1 nitrogen and oxygen atoms in total. The Morgan fingerprint density at radius 3 is 1.95 bits per heavy atom.